The molecule has 6 nitrogen and oxygen atoms in total. The van der Waals surface area contributed by atoms with E-state index in [-0.39, 0.29) is 4.90 Å². The molecule has 0 saturated heterocycles. The molecule has 0 fully saturated rings. The maximum absolute atomic E-state index is 12.9. The fraction of sp³-hybridized carbons (Fsp3) is 0.136. The van der Waals surface area contributed by atoms with Crippen LogP contribution in [-0.2, 0) is 10.0 Å². The smallest absolute Gasteiger partial charge is 0.261 e. The van der Waals surface area contributed by atoms with E-state index in [1.807, 2.05) is 6.92 Å². The summed E-state index contributed by atoms with van der Waals surface area (Å²) < 4.78 is 33.2. The molecule has 0 spiro atoms. The summed E-state index contributed by atoms with van der Waals surface area (Å²) in [6.45, 7) is 3.56. The molecule has 3 aromatic carbocycles. The van der Waals surface area contributed by atoms with Crippen molar-refractivity contribution >= 4 is 38.9 Å². The van der Waals surface area contributed by atoms with Crippen LogP contribution in [0.2, 0.25) is 5.02 Å². The number of ether oxygens (including phenoxy) is 1. The minimum Gasteiger partial charge on any atom is -0.495 e. The largest absolute Gasteiger partial charge is 0.495 e. The van der Waals surface area contributed by atoms with E-state index >= 15 is 0 Å². The van der Waals surface area contributed by atoms with Gasteiger partial charge in [-0.3, -0.25) is 9.52 Å². The van der Waals surface area contributed by atoms with E-state index in [1.165, 1.54) is 19.2 Å². The Labute approximate surface area is 180 Å². The zero-order valence-electron chi connectivity index (χ0n) is 16.7. The Morgan fingerprint density at radius 3 is 2.33 bits per heavy atom. The fourth-order valence-corrected chi connectivity index (χ4v) is 4.18. The molecular formula is C22H21ClN2O4S. The van der Waals surface area contributed by atoms with Crippen LogP contribution in [0.15, 0.2) is 65.6 Å². The number of nitrogens with one attached hydrogen (secondary N) is 2. The number of benzene rings is 3. The predicted molar refractivity (Wildman–Crippen MR) is 119 cm³/mol. The van der Waals surface area contributed by atoms with Crippen molar-refractivity contribution in [1.29, 1.82) is 0 Å². The van der Waals surface area contributed by atoms with Gasteiger partial charge in [-0.25, -0.2) is 8.42 Å². The Morgan fingerprint density at radius 1 is 0.967 bits per heavy atom. The summed E-state index contributed by atoms with van der Waals surface area (Å²) in [7, 11) is -2.30. The first-order chi connectivity index (χ1) is 14.2. The van der Waals surface area contributed by atoms with Gasteiger partial charge in [0, 0.05) is 10.6 Å². The van der Waals surface area contributed by atoms with E-state index in [1.54, 1.807) is 55.5 Å². The fourth-order valence-electron chi connectivity index (χ4n) is 2.88. The lowest BCUT2D eigenvalue weighted by atomic mass is 10.1. The molecule has 0 aliphatic heterocycles. The molecule has 8 heteroatoms. The Balaban J connectivity index is 1.89. The van der Waals surface area contributed by atoms with E-state index in [0.717, 1.165) is 5.56 Å². The van der Waals surface area contributed by atoms with Gasteiger partial charge in [-0.15, -0.1) is 0 Å². The van der Waals surface area contributed by atoms with Gasteiger partial charge < -0.3 is 10.1 Å². The highest BCUT2D eigenvalue weighted by Gasteiger charge is 2.19. The number of carbonyl (C=O) groups is 1. The number of aryl methyl sites for hydroxylation is 1. The highest BCUT2D eigenvalue weighted by molar-refractivity contribution is 7.92. The molecule has 0 radical (unpaired) electrons. The Kier molecular flexibility index (Phi) is 6.34. The van der Waals surface area contributed by atoms with Crippen LogP contribution in [0.1, 0.15) is 21.5 Å². The SMILES string of the molecule is COc1ccc(Cl)cc1NC(=O)c1cccc(NS(=O)(=O)c2ccc(C)cc2)c1C. The Morgan fingerprint density at radius 2 is 1.67 bits per heavy atom. The Hall–Kier alpha value is -3.03. The quantitative estimate of drug-likeness (QED) is 0.559. The number of anilines is 2. The summed E-state index contributed by atoms with van der Waals surface area (Å²) in [4.78, 5) is 13.0. The van der Waals surface area contributed by atoms with Crippen LogP contribution in [0.5, 0.6) is 5.75 Å². The molecule has 3 rings (SSSR count). The lowest BCUT2D eigenvalue weighted by Gasteiger charge is -2.15. The number of methoxy groups -OCH3 is 1. The molecule has 0 aliphatic carbocycles. The van der Waals surface area contributed by atoms with Crippen molar-refractivity contribution in [3.8, 4) is 5.75 Å². The van der Waals surface area contributed by atoms with Gasteiger partial charge in [-0.1, -0.05) is 35.4 Å². The number of rotatable bonds is 6. The van der Waals surface area contributed by atoms with E-state index < -0.39 is 15.9 Å². The van der Waals surface area contributed by atoms with Crippen LogP contribution in [0.4, 0.5) is 11.4 Å². The monoisotopic (exact) mass is 444 g/mol. The van der Waals surface area contributed by atoms with Gasteiger partial charge in [0.05, 0.1) is 23.4 Å². The van der Waals surface area contributed by atoms with Crippen LogP contribution < -0.4 is 14.8 Å². The molecule has 2 N–H and O–H groups in total. The predicted octanol–water partition coefficient (Wildman–Crippen LogP) is 5.02. The van der Waals surface area contributed by atoms with Gasteiger partial charge in [-0.05, 0) is 61.9 Å². The van der Waals surface area contributed by atoms with Gasteiger partial charge in [0.1, 0.15) is 5.75 Å². The summed E-state index contributed by atoms with van der Waals surface area (Å²) in [5.74, 6) is 0.0473. The third-order valence-electron chi connectivity index (χ3n) is 4.56. The maximum atomic E-state index is 12.9. The van der Waals surface area contributed by atoms with Crippen LogP contribution in [0.25, 0.3) is 0 Å². The number of carbonyl (C=O) groups excluding carboxylic acids is 1. The topological polar surface area (TPSA) is 84.5 Å². The van der Waals surface area contributed by atoms with Crippen molar-refractivity contribution in [2.24, 2.45) is 0 Å². The molecule has 0 atom stereocenters. The second kappa shape index (κ2) is 8.77. The average molecular weight is 445 g/mol. The number of amides is 1. The second-order valence-corrected chi connectivity index (χ2v) is 8.81. The van der Waals surface area contributed by atoms with Crippen molar-refractivity contribution < 1.29 is 17.9 Å². The first-order valence-corrected chi connectivity index (χ1v) is 10.9. The third-order valence-corrected chi connectivity index (χ3v) is 6.18. The molecule has 3 aromatic rings. The van der Waals surface area contributed by atoms with Gasteiger partial charge in [0.2, 0.25) is 0 Å². The van der Waals surface area contributed by atoms with E-state index in [0.29, 0.717) is 33.3 Å². The standard InChI is InChI=1S/C22H21ClN2O4S/c1-14-7-10-17(11-8-14)30(27,28)25-19-6-4-5-18(15(19)2)22(26)24-20-13-16(23)9-12-21(20)29-3/h4-13,25H,1-3H3,(H,24,26). The summed E-state index contributed by atoms with van der Waals surface area (Å²) in [6.07, 6.45) is 0. The van der Waals surface area contributed by atoms with Crippen molar-refractivity contribution in [2.75, 3.05) is 17.1 Å². The maximum Gasteiger partial charge on any atom is 0.261 e. The zero-order chi connectivity index (χ0) is 21.9. The van der Waals surface area contributed by atoms with Gasteiger partial charge in [0.25, 0.3) is 15.9 Å². The number of halogens is 1. The number of hydrogen-bond donors (Lipinski definition) is 2. The third kappa shape index (κ3) is 4.75. The molecule has 0 aliphatic rings. The molecule has 0 bridgehead atoms. The summed E-state index contributed by atoms with van der Waals surface area (Å²) in [6, 6.07) is 16.3. The highest BCUT2D eigenvalue weighted by atomic mass is 35.5. The molecule has 0 heterocycles. The van der Waals surface area contributed by atoms with Crippen molar-refractivity contribution in [3.05, 3.63) is 82.4 Å². The molecule has 0 saturated carbocycles. The first-order valence-electron chi connectivity index (χ1n) is 9.05. The van der Waals surface area contributed by atoms with Crippen molar-refractivity contribution in [3.63, 3.8) is 0 Å². The normalized spacial score (nSPS) is 11.1. The molecule has 0 aromatic heterocycles. The molecule has 1 amide bonds. The van der Waals surface area contributed by atoms with E-state index in [9.17, 15) is 13.2 Å². The molecule has 0 unspecified atom stereocenters. The Bertz CT molecular complexity index is 1190. The van der Waals surface area contributed by atoms with Crippen LogP contribution in [0.3, 0.4) is 0 Å². The van der Waals surface area contributed by atoms with Crippen LogP contribution in [0, 0.1) is 13.8 Å². The summed E-state index contributed by atoms with van der Waals surface area (Å²) in [5.41, 5.74) is 2.51. The minimum atomic E-state index is -3.79. The van der Waals surface area contributed by atoms with Gasteiger partial charge >= 0.3 is 0 Å². The molecular weight excluding hydrogens is 424 g/mol. The highest BCUT2D eigenvalue weighted by Crippen LogP contribution is 2.29. The van der Waals surface area contributed by atoms with Crippen molar-refractivity contribution in [1.82, 2.24) is 0 Å². The van der Waals surface area contributed by atoms with Crippen LogP contribution >= 0.6 is 11.6 Å². The van der Waals surface area contributed by atoms with E-state index in [4.69, 9.17) is 16.3 Å². The van der Waals surface area contributed by atoms with E-state index in [2.05, 4.69) is 10.0 Å². The van der Waals surface area contributed by atoms with Gasteiger partial charge in [-0.2, -0.15) is 0 Å². The van der Waals surface area contributed by atoms with Gasteiger partial charge in [0.15, 0.2) is 0 Å². The summed E-state index contributed by atoms with van der Waals surface area (Å²) in [5, 5.41) is 3.21. The molecule has 30 heavy (non-hydrogen) atoms. The zero-order valence-corrected chi connectivity index (χ0v) is 18.3. The second-order valence-electron chi connectivity index (χ2n) is 6.70. The summed E-state index contributed by atoms with van der Waals surface area (Å²) >= 11 is 6.02. The number of hydrogen-bond acceptors (Lipinski definition) is 4. The lowest BCUT2D eigenvalue weighted by Crippen LogP contribution is -2.17. The molecule has 156 valence electrons. The first kappa shape index (κ1) is 21.7. The average Bonchev–Trinajstić information content (AvgIpc) is 2.70. The lowest BCUT2D eigenvalue weighted by molar-refractivity contribution is 0.102. The van der Waals surface area contributed by atoms with Crippen molar-refractivity contribution in [2.45, 2.75) is 18.7 Å². The number of sulfonamides is 1. The van der Waals surface area contributed by atoms with Crippen LogP contribution in [-0.4, -0.2) is 21.4 Å². The minimum absolute atomic E-state index is 0.144.